The molecule has 0 fully saturated rings. The molecule has 2 aromatic carbocycles. The van der Waals surface area contributed by atoms with Crippen LogP contribution in [-0.2, 0) is 0 Å². The van der Waals surface area contributed by atoms with Gasteiger partial charge in [-0.3, -0.25) is 0 Å². The van der Waals surface area contributed by atoms with Crippen molar-refractivity contribution in [3.8, 4) is 11.5 Å². The molecule has 0 amide bonds. The standard InChI is InChI=1S/C12H8O6/c13-11(14)17-9-6-5-7-3-1-2-4-8(7)10(9)18-12(15)16/h1-6H,(H,13,14)(H,15,16). The van der Waals surface area contributed by atoms with Gasteiger partial charge in [-0.25, -0.2) is 9.59 Å². The van der Waals surface area contributed by atoms with Crippen LogP contribution in [0.3, 0.4) is 0 Å². The third-order valence-electron chi connectivity index (χ3n) is 2.23. The Morgan fingerprint density at radius 2 is 1.56 bits per heavy atom. The lowest BCUT2D eigenvalue weighted by Crippen LogP contribution is -2.08. The molecule has 0 saturated heterocycles. The lowest BCUT2D eigenvalue weighted by atomic mass is 10.1. The first-order valence-corrected chi connectivity index (χ1v) is 4.91. The van der Waals surface area contributed by atoms with Crippen LogP contribution < -0.4 is 9.47 Å². The number of carbonyl (C=O) groups is 2. The first-order chi connectivity index (χ1) is 8.58. The molecule has 0 spiro atoms. The molecule has 2 rings (SSSR count). The predicted molar refractivity (Wildman–Crippen MR) is 61.3 cm³/mol. The maximum Gasteiger partial charge on any atom is 0.511 e. The molecule has 2 aromatic rings. The Bertz CT molecular complexity index is 619. The van der Waals surface area contributed by atoms with Crippen molar-refractivity contribution < 1.29 is 29.3 Å². The third kappa shape index (κ3) is 2.32. The highest BCUT2D eigenvalue weighted by Gasteiger charge is 2.15. The van der Waals surface area contributed by atoms with Gasteiger partial charge in [-0.1, -0.05) is 30.3 Å². The Labute approximate surface area is 101 Å². The minimum Gasteiger partial charge on any atom is -0.449 e. The zero-order valence-electron chi connectivity index (χ0n) is 8.99. The molecule has 0 radical (unpaired) electrons. The fourth-order valence-corrected chi connectivity index (χ4v) is 1.59. The Morgan fingerprint density at radius 3 is 2.22 bits per heavy atom. The Kier molecular flexibility index (Phi) is 3.01. The van der Waals surface area contributed by atoms with E-state index in [9.17, 15) is 9.59 Å². The summed E-state index contributed by atoms with van der Waals surface area (Å²) in [7, 11) is 0. The molecule has 0 heterocycles. The van der Waals surface area contributed by atoms with E-state index in [1.54, 1.807) is 30.3 Å². The zero-order chi connectivity index (χ0) is 13.1. The second-order valence-corrected chi connectivity index (χ2v) is 3.35. The topological polar surface area (TPSA) is 93.1 Å². The highest BCUT2D eigenvalue weighted by Crippen LogP contribution is 2.35. The second kappa shape index (κ2) is 4.62. The molecule has 18 heavy (non-hydrogen) atoms. The van der Waals surface area contributed by atoms with Crippen molar-refractivity contribution in [1.29, 1.82) is 0 Å². The van der Waals surface area contributed by atoms with Crippen molar-refractivity contribution in [2.75, 3.05) is 0 Å². The average Bonchev–Trinajstić information content (AvgIpc) is 2.31. The summed E-state index contributed by atoms with van der Waals surface area (Å²) in [5.74, 6) is -0.299. The van der Waals surface area contributed by atoms with Gasteiger partial charge in [0, 0.05) is 5.39 Å². The summed E-state index contributed by atoms with van der Waals surface area (Å²) in [6.07, 6.45) is -3.08. The number of hydrogen-bond acceptors (Lipinski definition) is 4. The lowest BCUT2D eigenvalue weighted by molar-refractivity contribution is 0.133. The average molecular weight is 248 g/mol. The van der Waals surface area contributed by atoms with E-state index in [2.05, 4.69) is 9.47 Å². The first kappa shape index (κ1) is 11.7. The number of ether oxygens (including phenoxy) is 2. The van der Waals surface area contributed by atoms with E-state index < -0.39 is 12.3 Å². The van der Waals surface area contributed by atoms with E-state index in [4.69, 9.17) is 10.2 Å². The van der Waals surface area contributed by atoms with Gasteiger partial charge in [0.1, 0.15) is 0 Å². The molecule has 0 aromatic heterocycles. The predicted octanol–water partition coefficient (Wildman–Crippen LogP) is 2.95. The summed E-state index contributed by atoms with van der Waals surface area (Å²) in [6, 6.07) is 9.76. The number of hydrogen-bond donors (Lipinski definition) is 2. The van der Waals surface area contributed by atoms with Crippen LogP contribution in [0, 0.1) is 0 Å². The lowest BCUT2D eigenvalue weighted by Gasteiger charge is -2.09. The minimum absolute atomic E-state index is 0.136. The van der Waals surface area contributed by atoms with E-state index in [1.165, 1.54) is 6.07 Å². The summed E-state index contributed by atoms with van der Waals surface area (Å²) in [5.41, 5.74) is 0. The van der Waals surface area contributed by atoms with Crippen molar-refractivity contribution in [3.05, 3.63) is 36.4 Å². The number of benzene rings is 2. The molecule has 0 bridgehead atoms. The molecule has 0 unspecified atom stereocenters. The zero-order valence-corrected chi connectivity index (χ0v) is 8.99. The van der Waals surface area contributed by atoms with Gasteiger partial charge in [0.25, 0.3) is 0 Å². The van der Waals surface area contributed by atoms with E-state index in [0.29, 0.717) is 10.8 Å². The molecule has 6 heteroatoms. The van der Waals surface area contributed by atoms with Crippen molar-refractivity contribution in [1.82, 2.24) is 0 Å². The molecule has 2 N–H and O–H groups in total. The molecule has 0 aliphatic rings. The summed E-state index contributed by atoms with van der Waals surface area (Å²) in [6.45, 7) is 0. The van der Waals surface area contributed by atoms with Crippen LogP contribution in [0.2, 0.25) is 0 Å². The van der Waals surface area contributed by atoms with Crippen LogP contribution in [0.4, 0.5) is 9.59 Å². The maximum absolute atomic E-state index is 10.6. The molecule has 0 aliphatic carbocycles. The van der Waals surface area contributed by atoms with Gasteiger partial charge >= 0.3 is 12.3 Å². The highest BCUT2D eigenvalue weighted by molar-refractivity contribution is 5.92. The summed E-state index contributed by atoms with van der Waals surface area (Å²) in [4.78, 5) is 21.1. The Balaban J connectivity index is 2.62. The van der Waals surface area contributed by atoms with Crippen LogP contribution in [0.1, 0.15) is 0 Å². The van der Waals surface area contributed by atoms with Gasteiger partial charge in [-0.15, -0.1) is 0 Å². The van der Waals surface area contributed by atoms with E-state index >= 15 is 0 Å². The van der Waals surface area contributed by atoms with Crippen molar-refractivity contribution in [2.24, 2.45) is 0 Å². The third-order valence-corrected chi connectivity index (χ3v) is 2.23. The molecular formula is C12H8O6. The maximum atomic E-state index is 10.6. The number of fused-ring (bicyclic) bond motifs is 1. The Hall–Kier alpha value is -2.76. The summed E-state index contributed by atoms with van der Waals surface area (Å²) < 4.78 is 9.07. The van der Waals surface area contributed by atoms with Gasteiger partial charge in [0.2, 0.25) is 0 Å². The highest BCUT2D eigenvalue weighted by atomic mass is 16.7. The quantitative estimate of drug-likeness (QED) is 0.626. The first-order valence-electron chi connectivity index (χ1n) is 4.91. The largest absolute Gasteiger partial charge is 0.511 e. The van der Waals surface area contributed by atoms with Crippen LogP contribution in [0.5, 0.6) is 11.5 Å². The van der Waals surface area contributed by atoms with Gasteiger partial charge in [0.05, 0.1) is 0 Å². The van der Waals surface area contributed by atoms with Gasteiger partial charge in [-0.05, 0) is 11.5 Å². The van der Waals surface area contributed by atoms with Crippen molar-refractivity contribution in [2.45, 2.75) is 0 Å². The molecule has 6 nitrogen and oxygen atoms in total. The van der Waals surface area contributed by atoms with E-state index in [1.807, 2.05) is 0 Å². The monoisotopic (exact) mass is 248 g/mol. The normalized spacial score (nSPS) is 10.0. The van der Waals surface area contributed by atoms with E-state index in [-0.39, 0.29) is 11.5 Å². The SMILES string of the molecule is O=C(O)Oc1ccc2ccccc2c1OC(=O)O. The molecule has 0 aliphatic heterocycles. The smallest absolute Gasteiger partial charge is 0.449 e. The van der Waals surface area contributed by atoms with Gasteiger partial charge < -0.3 is 19.7 Å². The minimum atomic E-state index is -1.54. The summed E-state index contributed by atoms with van der Waals surface area (Å²) in [5, 5.41) is 18.4. The molecule has 92 valence electrons. The van der Waals surface area contributed by atoms with Crippen molar-refractivity contribution in [3.63, 3.8) is 0 Å². The van der Waals surface area contributed by atoms with Crippen LogP contribution in [0.25, 0.3) is 10.8 Å². The molecular weight excluding hydrogens is 240 g/mol. The summed E-state index contributed by atoms with van der Waals surface area (Å²) >= 11 is 0. The molecule has 0 atom stereocenters. The van der Waals surface area contributed by atoms with Crippen LogP contribution >= 0.6 is 0 Å². The van der Waals surface area contributed by atoms with Crippen LogP contribution in [-0.4, -0.2) is 22.5 Å². The fourth-order valence-electron chi connectivity index (χ4n) is 1.59. The number of carboxylic acid groups (broad SMARTS) is 2. The molecule has 0 saturated carbocycles. The Morgan fingerprint density at radius 1 is 0.889 bits per heavy atom. The fraction of sp³-hybridized carbons (Fsp3) is 0. The van der Waals surface area contributed by atoms with Crippen molar-refractivity contribution >= 4 is 23.1 Å². The van der Waals surface area contributed by atoms with Gasteiger partial charge in [-0.2, -0.15) is 0 Å². The second-order valence-electron chi connectivity index (χ2n) is 3.35. The van der Waals surface area contributed by atoms with Crippen LogP contribution in [0.15, 0.2) is 36.4 Å². The number of rotatable bonds is 2. The van der Waals surface area contributed by atoms with E-state index in [0.717, 1.165) is 0 Å². The van der Waals surface area contributed by atoms with Gasteiger partial charge in [0.15, 0.2) is 11.5 Å².